The zero-order valence-electron chi connectivity index (χ0n) is 17.9. The molecule has 2 heterocycles. The number of hydrogen-bond acceptors (Lipinski definition) is 7. The highest BCUT2D eigenvalue weighted by molar-refractivity contribution is 7.16. The van der Waals surface area contributed by atoms with Crippen LogP contribution < -0.4 is 15.6 Å². The Kier molecular flexibility index (Phi) is 7.06. The van der Waals surface area contributed by atoms with Crippen molar-refractivity contribution in [2.75, 3.05) is 11.9 Å². The molecule has 3 aromatic rings. The van der Waals surface area contributed by atoms with Crippen LogP contribution in [0.1, 0.15) is 37.7 Å². The molecule has 8 nitrogen and oxygen atoms in total. The maximum absolute atomic E-state index is 13.3. The molecule has 33 heavy (non-hydrogen) atoms. The predicted molar refractivity (Wildman–Crippen MR) is 116 cm³/mol. The van der Waals surface area contributed by atoms with Crippen molar-refractivity contribution in [2.45, 2.75) is 33.6 Å². The van der Waals surface area contributed by atoms with Gasteiger partial charge in [-0.1, -0.05) is 13.8 Å². The van der Waals surface area contributed by atoms with E-state index >= 15 is 0 Å². The average Bonchev–Trinajstić information content (AvgIpc) is 3.11. The normalized spacial score (nSPS) is 11.6. The minimum Gasteiger partial charge on any atom is -0.461 e. The molecule has 2 aromatic heterocycles. The van der Waals surface area contributed by atoms with E-state index in [9.17, 15) is 27.6 Å². The first-order chi connectivity index (χ1) is 15.5. The summed E-state index contributed by atoms with van der Waals surface area (Å²) in [6.07, 6.45) is -4.64. The molecule has 0 aliphatic rings. The van der Waals surface area contributed by atoms with Crippen molar-refractivity contribution in [3.63, 3.8) is 0 Å². The highest BCUT2D eigenvalue weighted by atomic mass is 32.1. The summed E-state index contributed by atoms with van der Waals surface area (Å²) in [4.78, 5) is 38.0. The van der Waals surface area contributed by atoms with Crippen LogP contribution in [-0.2, 0) is 9.53 Å². The third kappa shape index (κ3) is 5.69. The largest absolute Gasteiger partial charge is 0.573 e. The molecule has 0 aliphatic carbocycles. The van der Waals surface area contributed by atoms with Gasteiger partial charge in [0.05, 0.1) is 17.7 Å². The van der Waals surface area contributed by atoms with Gasteiger partial charge in [-0.15, -0.1) is 24.5 Å². The molecule has 0 spiro atoms. The topological polar surface area (TPSA) is 99.5 Å². The number of carbonyl (C=O) groups excluding carboxylic acids is 2. The number of alkyl halides is 3. The van der Waals surface area contributed by atoms with Crippen LogP contribution in [0, 0.1) is 5.92 Å². The Labute approximate surface area is 189 Å². The number of esters is 1. The first kappa shape index (κ1) is 24.2. The van der Waals surface area contributed by atoms with Gasteiger partial charge in [0.1, 0.15) is 10.8 Å². The second kappa shape index (κ2) is 9.61. The number of benzene rings is 1. The third-order valence-electron chi connectivity index (χ3n) is 4.28. The molecule has 0 saturated heterocycles. The Bertz CT molecular complexity index is 1230. The zero-order chi connectivity index (χ0) is 24.3. The second-order valence-corrected chi connectivity index (χ2v) is 8.21. The van der Waals surface area contributed by atoms with Gasteiger partial charge in [0.25, 0.3) is 5.56 Å². The van der Waals surface area contributed by atoms with E-state index in [0.717, 1.165) is 28.2 Å². The van der Waals surface area contributed by atoms with Crippen molar-refractivity contribution < 1.29 is 32.2 Å². The maximum Gasteiger partial charge on any atom is 0.573 e. The minimum atomic E-state index is -4.87. The zero-order valence-corrected chi connectivity index (χ0v) is 18.7. The van der Waals surface area contributed by atoms with E-state index in [1.165, 1.54) is 17.5 Å². The van der Waals surface area contributed by atoms with Crippen LogP contribution >= 0.6 is 11.3 Å². The molecule has 0 aliphatic heterocycles. The molecule has 176 valence electrons. The molecule has 1 aromatic carbocycles. The lowest BCUT2D eigenvalue weighted by Crippen LogP contribution is -2.25. The smallest absolute Gasteiger partial charge is 0.461 e. The van der Waals surface area contributed by atoms with Crippen molar-refractivity contribution in [2.24, 2.45) is 5.92 Å². The summed E-state index contributed by atoms with van der Waals surface area (Å²) >= 11 is 1.06. The van der Waals surface area contributed by atoms with E-state index in [-0.39, 0.29) is 52.0 Å². The predicted octanol–water partition coefficient (Wildman–Crippen LogP) is 4.51. The van der Waals surface area contributed by atoms with Crippen LogP contribution in [0.15, 0.2) is 34.4 Å². The number of nitrogens with zero attached hydrogens (tertiary/aromatic N) is 2. The van der Waals surface area contributed by atoms with Gasteiger partial charge >= 0.3 is 12.3 Å². The number of nitrogens with one attached hydrogen (secondary N) is 1. The number of aromatic nitrogens is 2. The number of ether oxygens (including phenoxy) is 2. The van der Waals surface area contributed by atoms with Crippen LogP contribution in [0.2, 0.25) is 0 Å². The molecule has 0 saturated carbocycles. The lowest BCUT2D eigenvalue weighted by Gasteiger charge is -2.12. The molecular formula is C21H20F3N3O5S. The molecule has 1 N–H and O–H groups in total. The summed E-state index contributed by atoms with van der Waals surface area (Å²) in [7, 11) is 0. The molecule has 0 radical (unpaired) electrons. The lowest BCUT2D eigenvalue weighted by atomic mass is 10.1. The van der Waals surface area contributed by atoms with Crippen LogP contribution in [0.25, 0.3) is 16.5 Å². The Morgan fingerprint density at radius 2 is 1.88 bits per heavy atom. The summed E-state index contributed by atoms with van der Waals surface area (Å²) in [5.41, 5.74) is -0.737. The molecule has 0 bridgehead atoms. The number of rotatable bonds is 7. The van der Waals surface area contributed by atoms with E-state index in [0.29, 0.717) is 0 Å². The Balaban J connectivity index is 2.14. The Morgan fingerprint density at radius 3 is 2.45 bits per heavy atom. The van der Waals surface area contributed by atoms with Crippen molar-refractivity contribution >= 4 is 39.0 Å². The SMILES string of the molecule is CCOC(=O)c1nn(-c2ccc(OC(F)(F)F)cc2)c(=O)c2c(NC(=O)CC(C)C)scc12. The number of thiophene rings is 1. The van der Waals surface area contributed by atoms with E-state index in [4.69, 9.17) is 4.74 Å². The molecule has 3 rings (SSSR count). The minimum absolute atomic E-state index is 0.0470. The van der Waals surface area contributed by atoms with E-state index in [1.54, 1.807) is 6.92 Å². The fourth-order valence-corrected chi connectivity index (χ4v) is 3.96. The van der Waals surface area contributed by atoms with E-state index in [1.807, 2.05) is 13.8 Å². The summed E-state index contributed by atoms with van der Waals surface area (Å²) in [6.45, 7) is 5.41. The van der Waals surface area contributed by atoms with Crippen LogP contribution in [0.5, 0.6) is 5.75 Å². The molecule has 0 unspecified atom stereocenters. The van der Waals surface area contributed by atoms with Crippen molar-refractivity contribution in [3.8, 4) is 11.4 Å². The second-order valence-electron chi connectivity index (χ2n) is 7.33. The average molecular weight is 483 g/mol. The standard InChI is InChI=1S/C21H20F3N3O5S/c1-4-31-20(30)17-14-10-33-18(25-15(28)9-11(2)3)16(14)19(29)27(26-17)12-5-7-13(8-6-12)32-21(22,23)24/h5-8,10-11H,4,9H2,1-3H3,(H,25,28). The van der Waals surface area contributed by atoms with Crippen molar-refractivity contribution in [1.82, 2.24) is 9.78 Å². The van der Waals surface area contributed by atoms with Crippen LogP contribution in [0.3, 0.4) is 0 Å². The van der Waals surface area contributed by atoms with E-state index in [2.05, 4.69) is 15.2 Å². The fraction of sp³-hybridized carbons (Fsp3) is 0.333. The number of hydrogen-bond donors (Lipinski definition) is 1. The van der Waals surface area contributed by atoms with Gasteiger partial charge < -0.3 is 14.8 Å². The molecular weight excluding hydrogens is 463 g/mol. The summed E-state index contributed by atoms with van der Waals surface area (Å²) in [5.74, 6) is -1.49. The van der Waals surface area contributed by atoms with Crippen molar-refractivity contribution in [1.29, 1.82) is 0 Å². The van der Waals surface area contributed by atoms with Gasteiger partial charge in [0.15, 0.2) is 5.69 Å². The van der Waals surface area contributed by atoms with Gasteiger partial charge in [-0.25, -0.2) is 4.79 Å². The first-order valence-electron chi connectivity index (χ1n) is 9.87. The van der Waals surface area contributed by atoms with E-state index < -0.39 is 23.6 Å². The Morgan fingerprint density at radius 1 is 1.21 bits per heavy atom. The summed E-state index contributed by atoms with van der Waals surface area (Å²) in [5, 5.41) is 8.79. The number of halogens is 3. The van der Waals surface area contributed by atoms with Crippen LogP contribution in [-0.4, -0.2) is 34.6 Å². The summed E-state index contributed by atoms with van der Waals surface area (Å²) in [6, 6.07) is 4.42. The fourth-order valence-electron chi connectivity index (χ4n) is 3.00. The van der Waals surface area contributed by atoms with Gasteiger partial charge in [-0.2, -0.15) is 9.78 Å². The summed E-state index contributed by atoms with van der Waals surface area (Å²) < 4.78 is 47.1. The third-order valence-corrected chi connectivity index (χ3v) is 5.18. The van der Waals surface area contributed by atoms with Crippen molar-refractivity contribution in [3.05, 3.63) is 45.7 Å². The number of carbonyl (C=O) groups is 2. The molecule has 12 heteroatoms. The molecule has 1 amide bonds. The maximum atomic E-state index is 13.3. The number of amides is 1. The van der Waals surface area contributed by atoms with Gasteiger partial charge in [0, 0.05) is 17.2 Å². The highest BCUT2D eigenvalue weighted by Crippen LogP contribution is 2.31. The molecule has 0 fully saturated rings. The van der Waals surface area contributed by atoms with Gasteiger partial charge in [-0.3, -0.25) is 9.59 Å². The Hall–Kier alpha value is -3.41. The first-order valence-corrected chi connectivity index (χ1v) is 10.8. The van der Waals surface area contributed by atoms with Gasteiger partial charge in [0.2, 0.25) is 5.91 Å². The number of fused-ring (bicyclic) bond motifs is 1. The lowest BCUT2D eigenvalue weighted by molar-refractivity contribution is -0.274. The monoisotopic (exact) mass is 483 g/mol. The molecule has 0 atom stereocenters. The highest BCUT2D eigenvalue weighted by Gasteiger charge is 2.31. The van der Waals surface area contributed by atoms with Crippen LogP contribution in [0.4, 0.5) is 18.2 Å². The van der Waals surface area contributed by atoms with Gasteiger partial charge in [-0.05, 0) is 37.1 Å². The quantitative estimate of drug-likeness (QED) is 0.497. The number of anilines is 1.